The van der Waals surface area contributed by atoms with E-state index in [0.29, 0.717) is 0 Å². The van der Waals surface area contributed by atoms with E-state index in [-0.39, 0.29) is 11.1 Å². The Balaban J connectivity index is 2.83. The van der Waals surface area contributed by atoms with Crippen molar-refractivity contribution < 1.29 is 49.2 Å². The van der Waals surface area contributed by atoms with E-state index in [2.05, 4.69) is 0 Å². The van der Waals surface area contributed by atoms with E-state index in [1.54, 1.807) is 0 Å². The molecule has 0 unspecified atom stereocenters. The molecule has 1 aromatic carbocycles. The Morgan fingerprint density at radius 3 is 1.14 bits per heavy atom. The minimum atomic E-state index is -1.65. The molecule has 0 aliphatic carbocycles. The van der Waals surface area contributed by atoms with Gasteiger partial charge in [-0.25, -0.2) is 9.59 Å². The number of benzene rings is 1. The van der Waals surface area contributed by atoms with E-state index in [1.807, 2.05) is 10.6 Å². The zero-order chi connectivity index (χ0) is 21.4. The highest BCUT2D eigenvalue weighted by atomic mass is 16.4. The summed E-state index contributed by atoms with van der Waals surface area (Å²) in [4.78, 5) is 67.2. The van der Waals surface area contributed by atoms with Crippen LogP contribution in [0.1, 0.15) is 33.6 Å². The van der Waals surface area contributed by atoms with Crippen LogP contribution in [0.5, 0.6) is 0 Å². The van der Waals surface area contributed by atoms with E-state index in [1.165, 1.54) is 0 Å². The van der Waals surface area contributed by atoms with E-state index in [4.69, 9.17) is 20.4 Å². The summed E-state index contributed by atoms with van der Waals surface area (Å²) in [6.07, 6.45) is -1.66. The molecule has 1 aromatic rings. The van der Waals surface area contributed by atoms with Gasteiger partial charge < -0.3 is 31.1 Å². The number of carboxylic acids is 4. The number of amides is 2. The summed E-state index contributed by atoms with van der Waals surface area (Å²) in [5.41, 5.74) is -0.151. The zero-order valence-corrected chi connectivity index (χ0v) is 14.1. The van der Waals surface area contributed by atoms with Crippen molar-refractivity contribution in [2.75, 3.05) is 0 Å². The second kappa shape index (κ2) is 9.66. The minimum absolute atomic E-state index is 0.0755. The average Bonchev–Trinajstić information content (AvgIpc) is 2.59. The summed E-state index contributed by atoms with van der Waals surface area (Å²) in [6, 6.07) is 1.24. The maximum Gasteiger partial charge on any atom is 0.326 e. The van der Waals surface area contributed by atoms with Gasteiger partial charge in [0.2, 0.25) is 0 Å². The Morgan fingerprint density at radius 2 is 0.929 bits per heavy atom. The molecule has 0 aromatic heterocycles. The van der Waals surface area contributed by atoms with Crippen LogP contribution in [0.25, 0.3) is 0 Å². The van der Waals surface area contributed by atoms with Gasteiger partial charge >= 0.3 is 23.9 Å². The number of hydrogen-bond acceptors (Lipinski definition) is 6. The fraction of sp³-hybridized carbons (Fsp3) is 0.250. The first-order chi connectivity index (χ1) is 13.0. The van der Waals surface area contributed by atoms with Gasteiger partial charge in [-0.05, 0) is 24.3 Å². The Bertz CT molecular complexity index is 735. The Morgan fingerprint density at radius 1 is 0.643 bits per heavy atom. The maximum absolute atomic E-state index is 12.0. The molecule has 2 atom stereocenters. The molecule has 0 saturated heterocycles. The highest BCUT2D eigenvalue weighted by molar-refractivity contribution is 6.00. The summed E-state index contributed by atoms with van der Waals surface area (Å²) in [6.45, 7) is 0. The van der Waals surface area contributed by atoms with E-state index in [9.17, 15) is 28.8 Å². The number of carboxylic acid groups (broad SMARTS) is 4. The van der Waals surface area contributed by atoms with Crippen molar-refractivity contribution in [2.24, 2.45) is 0 Å². The lowest BCUT2D eigenvalue weighted by Gasteiger charge is -2.14. The van der Waals surface area contributed by atoms with Crippen molar-refractivity contribution in [2.45, 2.75) is 24.9 Å². The third kappa shape index (κ3) is 6.74. The van der Waals surface area contributed by atoms with Crippen LogP contribution in [0.15, 0.2) is 24.3 Å². The SMILES string of the molecule is O=C(O)C[C@H](NC(=O)c1ccc(C(=O)N[C@@H](CC(=O)O)C(=O)O)cc1)C(=O)O. The smallest absolute Gasteiger partial charge is 0.326 e. The minimum Gasteiger partial charge on any atom is -0.481 e. The van der Waals surface area contributed by atoms with Gasteiger partial charge in [0.05, 0.1) is 12.8 Å². The molecule has 12 nitrogen and oxygen atoms in total. The Kier molecular flexibility index (Phi) is 7.62. The molecule has 2 amide bonds. The molecule has 12 heteroatoms. The highest BCUT2D eigenvalue weighted by Gasteiger charge is 2.25. The largest absolute Gasteiger partial charge is 0.481 e. The van der Waals surface area contributed by atoms with E-state index < -0.39 is 60.6 Å². The highest BCUT2D eigenvalue weighted by Crippen LogP contribution is 2.07. The van der Waals surface area contributed by atoms with Gasteiger partial charge in [-0.15, -0.1) is 0 Å². The maximum atomic E-state index is 12.0. The van der Waals surface area contributed by atoms with Crippen LogP contribution >= 0.6 is 0 Å². The molecule has 6 N–H and O–H groups in total. The molecule has 0 spiro atoms. The van der Waals surface area contributed by atoms with Crippen molar-refractivity contribution in [3.63, 3.8) is 0 Å². The summed E-state index contributed by atoms with van der Waals surface area (Å²) in [7, 11) is 0. The standard InChI is InChI=1S/C16H16N2O10/c19-11(20)5-9(15(25)26)17-13(23)7-1-2-8(4-3-7)14(24)18-10(16(27)28)6-12(21)22/h1-4,9-10H,5-6H2,(H,17,23)(H,18,24)(H,19,20)(H,21,22)(H,25,26)(H,27,28)/t9-,10-/m0/s1. The Hall–Kier alpha value is -3.96. The number of rotatable bonds is 10. The molecule has 1 rings (SSSR count). The third-order valence-electron chi connectivity index (χ3n) is 3.37. The first kappa shape index (κ1) is 22.1. The lowest BCUT2D eigenvalue weighted by molar-refractivity contribution is -0.145. The van der Waals surface area contributed by atoms with Crippen molar-refractivity contribution in [1.29, 1.82) is 0 Å². The first-order valence-electron chi connectivity index (χ1n) is 7.62. The number of hydrogen-bond donors (Lipinski definition) is 6. The topological polar surface area (TPSA) is 207 Å². The van der Waals surface area contributed by atoms with Crippen LogP contribution in [0, 0.1) is 0 Å². The number of nitrogens with one attached hydrogen (secondary N) is 2. The van der Waals surface area contributed by atoms with Crippen molar-refractivity contribution >= 4 is 35.7 Å². The van der Waals surface area contributed by atoms with Gasteiger partial charge in [-0.2, -0.15) is 0 Å². The second-order valence-electron chi connectivity index (χ2n) is 5.50. The summed E-state index contributed by atoms with van der Waals surface area (Å²) < 4.78 is 0. The van der Waals surface area contributed by atoms with Crippen LogP contribution in [0.4, 0.5) is 0 Å². The van der Waals surface area contributed by atoms with Gasteiger partial charge in [-0.3, -0.25) is 19.2 Å². The molecule has 0 aliphatic heterocycles. The quantitative estimate of drug-likeness (QED) is 0.284. The summed E-state index contributed by atoms with van der Waals surface area (Å²) in [5, 5.41) is 39.1. The van der Waals surface area contributed by atoms with Crippen LogP contribution in [0.2, 0.25) is 0 Å². The van der Waals surface area contributed by atoms with Crippen LogP contribution in [0.3, 0.4) is 0 Å². The molecule has 0 heterocycles. The number of carbonyl (C=O) groups excluding carboxylic acids is 2. The molecule has 28 heavy (non-hydrogen) atoms. The Labute approximate surface area is 156 Å². The van der Waals surface area contributed by atoms with Gasteiger partial charge in [0.15, 0.2) is 0 Å². The van der Waals surface area contributed by atoms with E-state index in [0.717, 1.165) is 24.3 Å². The summed E-state index contributed by atoms with van der Waals surface area (Å²) >= 11 is 0. The average molecular weight is 396 g/mol. The number of aliphatic carboxylic acids is 4. The lowest BCUT2D eigenvalue weighted by atomic mass is 10.1. The predicted molar refractivity (Wildman–Crippen MR) is 88.7 cm³/mol. The van der Waals surface area contributed by atoms with Gasteiger partial charge in [-0.1, -0.05) is 0 Å². The lowest BCUT2D eigenvalue weighted by Crippen LogP contribution is -2.42. The van der Waals surface area contributed by atoms with Crippen LogP contribution < -0.4 is 10.6 Å². The number of carbonyl (C=O) groups is 6. The van der Waals surface area contributed by atoms with Crippen molar-refractivity contribution in [3.8, 4) is 0 Å². The second-order valence-corrected chi connectivity index (χ2v) is 5.50. The van der Waals surface area contributed by atoms with Gasteiger partial charge in [0, 0.05) is 11.1 Å². The normalized spacial score (nSPS) is 12.3. The van der Waals surface area contributed by atoms with Crippen LogP contribution in [-0.4, -0.2) is 68.2 Å². The molecule has 0 saturated carbocycles. The van der Waals surface area contributed by atoms with Crippen LogP contribution in [-0.2, 0) is 19.2 Å². The summed E-state index contributed by atoms with van der Waals surface area (Å²) in [5.74, 6) is -7.71. The van der Waals surface area contributed by atoms with Crippen molar-refractivity contribution in [1.82, 2.24) is 10.6 Å². The first-order valence-corrected chi connectivity index (χ1v) is 7.62. The molecule has 0 bridgehead atoms. The monoisotopic (exact) mass is 396 g/mol. The molecular formula is C16H16N2O10. The molecule has 150 valence electrons. The zero-order valence-electron chi connectivity index (χ0n) is 14.1. The van der Waals surface area contributed by atoms with Gasteiger partial charge in [0.1, 0.15) is 12.1 Å². The fourth-order valence-corrected chi connectivity index (χ4v) is 2.01. The molecule has 0 aliphatic rings. The third-order valence-corrected chi connectivity index (χ3v) is 3.37. The molecule has 0 fully saturated rings. The van der Waals surface area contributed by atoms with E-state index >= 15 is 0 Å². The van der Waals surface area contributed by atoms with Crippen molar-refractivity contribution in [3.05, 3.63) is 35.4 Å². The molecule has 0 radical (unpaired) electrons. The predicted octanol–water partition coefficient (Wildman–Crippen LogP) is -0.998. The molecular weight excluding hydrogens is 380 g/mol. The van der Waals surface area contributed by atoms with Gasteiger partial charge in [0.25, 0.3) is 11.8 Å². The fourth-order valence-electron chi connectivity index (χ4n) is 2.01.